The summed E-state index contributed by atoms with van der Waals surface area (Å²) in [7, 11) is 1.62. The van der Waals surface area contributed by atoms with Crippen LogP contribution in [0.1, 0.15) is 64.1 Å². The summed E-state index contributed by atoms with van der Waals surface area (Å²) in [6.45, 7) is 7.91. The van der Waals surface area contributed by atoms with Crippen molar-refractivity contribution in [2.24, 2.45) is 5.41 Å². The Hall–Kier alpha value is -2.12. The van der Waals surface area contributed by atoms with Gasteiger partial charge in [-0.25, -0.2) is 0 Å². The Morgan fingerprint density at radius 3 is 2.40 bits per heavy atom. The summed E-state index contributed by atoms with van der Waals surface area (Å²) < 4.78 is 8.51. The number of halogens is 1. The van der Waals surface area contributed by atoms with E-state index in [4.69, 9.17) is 4.74 Å². The zero-order valence-electron chi connectivity index (χ0n) is 21.6. The van der Waals surface area contributed by atoms with E-state index >= 15 is 0 Å². The van der Waals surface area contributed by atoms with Gasteiger partial charge in [-0.1, -0.05) is 68.1 Å². The maximum absolute atomic E-state index is 13.8. The molecule has 1 aliphatic rings. The Morgan fingerprint density at radius 1 is 1.09 bits per heavy atom. The van der Waals surface area contributed by atoms with Crippen LogP contribution in [0.25, 0.3) is 0 Å². The molecule has 1 saturated carbocycles. The first-order valence-electron chi connectivity index (χ1n) is 12.7. The van der Waals surface area contributed by atoms with Crippen LogP contribution in [0.15, 0.2) is 47.1 Å². The molecule has 0 saturated heterocycles. The van der Waals surface area contributed by atoms with Crippen molar-refractivity contribution >= 4 is 27.7 Å². The summed E-state index contributed by atoms with van der Waals surface area (Å²) in [5, 5.41) is 0. The van der Waals surface area contributed by atoms with Crippen molar-refractivity contribution in [1.29, 1.82) is 0 Å². The van der Waals surface area contributed by atoms with E-state index in [0.29, 0.717) is 19.7 Å². The van der Waals surface area contributed by atoms with Crippen molar-refractivity contribution in [2.45, 2.75) is 72.0 Å². The largest absolute Gasteiger partial charge is 0.383 e. The predicted molar refractivity (Wildman–Crippen MR) is 143 cm³/mol. The van der Waals surface area contributed by atoms with Crippen LogP contribution in [-0.4, -0.2) is 59.0 Å². The standard InChI is InChI=1S/C28H40BrN3O3/c1-28(2,3)27(34)31(17-18-35-4)21-26(33)32(24-9-6-5-7-10-24)20-25-11-8-16-30(25)19-22-12-14-23(29)15-13-22/h8,11-16,24H,5-7,9-10,17-21H2,1-4H3. The van der Waals surface area contributed by atoms with Crippen LogP contribution in [-0.2, 0) is 27.4 Å². The fourth-order valence-corrected chi connectivity index (χ4v) is 4.97. The van der Waals surface area contributed by atoms with E-state index in [1.54, 1.807) is 12.0 Å². The smallest absolute Gasteiger partial charge is 0.242 e. The minimum atomic E-state index is -0.553. The molecule has 0 spiro atoms. The summed E-state index contributed by atoms with van der Waals surface area (Å²) in [6.07, 6.45) is 7.62. The highest BCUT2D eigenvalue weighted by Gasteiger charge is 2.32. The van der Waals surface area contributed by atoms with Crippen molar-refractivity contribution in [3.05, 3.63) is 58.3 Å². The number of carbonyl (C=O) groups is 2. The maximum Gasteiger partial charge on any atom is 0.242 e. The molecule has 0 atom stereocenters. The molecule has 2 aromatic rings. The highest BCUT2D eigenvalue weighted by atomic mass is 79.9. The van der Waals surface area contributed by atoms with Crippen LogP contribution in [0, 0.1) is 5.41 Å². The lowest BCUT2D eigenvalue weighted by molar-refractivity contribution is -0.147. The molecule has 0 N–H and O–H groups in total. The summed E-state index contributed by atoms with van der Waals surface area (Å²) in [5.74, 6) is -0.00731. The van der Waals surface area contributed by atoms with Gasteiger partial charge in [-0.2, -0.15) is 0 Å². The first kappa shape index (κ1) is 27.5. The molecule has 6 nitrogen and oxygen atoms in total. The van der Waals surface area contributed by atoms with Gasteiger partial charge in [0.15, 0.2) is 0 Å². The number of hydrogen-bond donors (Lipinski definition) is 0. The summed E-state index contributed by atoms with van der Waals surface area (Å²) in [6, 6.07) is 12.7. The summed E-state index contributed by atoms with van der Waals surface area (Å²) in [5.41, 5.74) is 1.77. The van der Waals surface area contributed by atoms with Crippen LogP contribution >= 0.6 is 15.9 Å². The van der Waals surface area contributed by atoms with Gasteiger partial charge in [0.05, 0.1) is 19.7 Å². The van der Waals surface area contributed by atoms with E-state index in [9.17, 15) is 9.59 Å². The molecule has 0 unspecified atom stereocenters. The molecule has 1 aliphatic carbocycles. The second-order valence-corrected chi connectivity index (χ2v) is 11.5. The SMILES string of the molecule is COCCN(CC(=O)N(Cc1cccn1Cc1ccc(Br)cc1)C1CCCCC1)C(=O)C(C)(C)C. The number of nitrogens with zero attached hydrogens (tertiary/aromatic N) is 3. The second-order valence-electron chi connectivity index (χ2n) is 10.5. The Morgan fingerprint density at radius 2 is 1.77 bits per heavy atom. The normalized spacial score (nSPS) is 14.7. The molecule has 7 heteroatoms. The van der Waals surface area contributed by atoms with E-state index < -0.39 is 5.41 Å². The van der Waals surface area contributed by atoms with Crippen molar-refractivity contribution in [3.8, 4) is 0 Å². The van der Waals surface area contributed by atoms with Gasteiger partial charge in [0, 0.05) is 48.0 Å². The Labute approximate surface area is 218 Å². The topological polar surface area (TPSA) is 54.8 Å². The summed E-state index contributed by atoms with van der Waals surface area (Å²) >= 11 is 3.50. The maximum atomic E-state index is 13.8. The number of amides is 2. The molecule has 0 bridgehead atoms. The number of aromatic nitrogens is 1. The fraction of sp³-hybridized carbons (Fsp3) is 0.571. The highest BCUT2D eigenvalue weighted by molar-refractivity contribution is 9.10. The third-order valence-electron chi connectivity index (χ3n) is 6.68. The Balaban J connectivity index is 1.80. The van der Waals surface area contributed by atoms with Gasteiger partial charge in [-0.3, -0.25) is 9.59 Å². The lowest BCUT2D eigenvalue weighted by atomic mass is 9.93. The molecular formula is C28H40BrN3O3. The van der Waals surface area contributed by atoms with Crippen LogP contribution in [0.4, 0.5) is 0 Å². The number of hydrogen-bond acceptors (Lipinski definition) is 3. The van der Waals surface area contributed by atoms with E-state index in [0.717, 1.165) is 42.4 Å². The third kappa shape index (κ3) is 7.94. The van der Waals surface area contributed by atoms with Crippen LogP contribution in [0.3, 0.4) is 0 Å². The molecule has 35 heavy (non-hydrogen) atoms. The number of carbonyl (C=O) groups excluding carboxylic acids is 2. The number of ether oxygens (including phenoxy) is 1. The molecule has 0 radical (unpaired) electrons. The van der Waals surface area contributed by atoms with E-state index in [1.807, 2.05) is 31.7 Å². The van der Waals surface area contributed by atoms with Crippen molar-refractivity contribution < 1.29 is 14.3 Å². The fourth-order valence-electron chi connectivity index (χ4n) is 4.70. The highest BCUT2D eigenvalue weighted by Crippen LogP contribution is 2.26. The molecular weight excluding hydrogens is 506 g/mol. The molecule has 192 valence electrons. The van der Waals surface area contributed by atoms with Gasteiger partial charge in [-0.05, 0) is 42.7 Å². The monoisotopic (exact) mass is 545 g/mol. The van der Waals surface area contributed by atoms with Gasteiger partial charge < -0.3 is 19.1 Å². The quantitative estimate of drug-likeness (QED) is 0.397. The molecule has 1 aromatic heterocycles. The van der Waals surface area contributed by atoms with Crippen LogP contribution in [0.5, 0.6) is 0 Å². The minimum absolute atomic E-state index is 0.0157. The minimum Gasteiger partial charge on any atom is -0.383 e. The van der Waals surface area contributed by atoms with E-state index in [2.05, 4.69) is 57.0 Å². The number of methoxy groups -OCH3 is 1. The second kappa shape index (κ2) is 12.7. The predicted octanol–water partition coefficient (Wildman–Crippen LogP) is 5.48. The first-order valence-corrected chi connectivity index (χ1v) is 13.4. The van der Waals surface area contributed by atoms with Gasteiger partial charge in [0.25, 0.3) is 0 Å². The number of benzene rings is 1. The average Bonchev–Trinajstić information content (AvgIpc) is 3.27. The lowest BCUT2D eigenvalue weighted by Gasteiger charge is -2.37. The molecule has 1 aromatic carbocycles. The first-order chi connectivity index (χ1) is 16.7. The zero-order chi connectivity index (χ0) is 25.4. The molecule has 2 amide bonds. The number of rotatable bonds is 10. The van der Waals surface area contributed by atoms with Crippen molar-refractivity contribution in [1.82, 2.24) is 14.4 Å². The third-order valence-corrected chi connectivity index (χ3v) is 7.21. The van der Waals surface area contributed by atoms with Crippen molar-refractivity contribution in [3.63, 3.8) is 0 Å². The molecule has 0 aliphatic heterocycles. The average molecular weight is 547 g/mol. The van der Waals surface area contributed by atoms with E-state index in [1.165, 1.54) is 12.0 Å². The van der Waals surface area contributed by atoms with Crippen molar-refractivity contribution in [2.75, 3.05) is 26.8 Å². The van der Waals surface area contributed by atoms with Gasteiger partial charge in [0.1, 0.15) is 0 Å². The lowest BCUT2D eigenvalue weighted by Crippen LogP contribution is -2.50. The molecule has 1 heterocycles. The van der Waals surface area contributed by atoms with Gasteiger partial charge in [-0.15, -0.1) is 0 Å². The molecule has 1 fully saturated rings. The summed E-state index contributed by atoms with van der Waals surface area (Å²) in [4.78, 5) is 30.6. The zero-order valence-corrected chi connectivity index (χ0v) is 23.2. The van der Waals surface area contributed by atoms with Crippen LogP contribution in [0.2, 0.25) is 0 Å². The van der Waals surface area contributed by atoms with E-state index in [-0.39, 0.29) is 24.4 Å². The Kier molecular flexibility index (Phi) is 9.99. The van der Waals surface area contributed by atoms with Gasteiger partial charge in [0.2, 0.25) is 11.8 Å². The van der Waals surface area contributed by atoms with Gasteiger partial charge >= 0.3 is 0 Å². The molecule has 3 rings (SSSR count). The Bertz CT molecular complexity index is 959. The van der Waals surface area contributed by atoms with Crippen LogP contribution < -0.4 is 0 Å².